The summed E-state index contributed by atoms with van der Waals surface area (Å²) in [6.45, 7) is 10.3. The first kappa shape index (κ1) is 85.6. The molecule has 0 spiro atoms. The largest absolute Gasteiger partial charge is 0.394 e. The van der Waals surface area contributed by atoms with Gasteiger partial charge in [-0.25, -0.2) is 0 Å². The molecule has 0 bridgehead atoms. The molecule has 23 heteroatoms. The van der Waals surface area contributed by atoms with Crippen LogP contribution in [0.5, 0.6) is 0 Å². The first-order valence-electron chi connectivity index (χ1n) is 33.3. The minimum atomic E-state index is -1.83. The maximum absolute atomic E-state index is 11.2. The summed E-state index contributed by atoms with van der Waals surface area (Å²) in [5.41, 5.74) is 0.480. The average molecular weight is 1330 g/mol. The lowest BCUT2D eigenvalue weighted by molar-refractivity contribution is -0.234. The predicted octanol–water partition coefficient (Wildman–Crippen LogP) is 1.53. The quantitative estimate of drug-likeness (QED) is 0.0233. The van der Waals surface area contributed by atoms with Crippen molar-refractivity contribution in [1.29, 1.82) is 0 Å². The maximum Gasteiger partial charge on any atom is 0.115 e. The number of hydrogen-bond donors (Lipinski definition) is 21. The molecule has 23 nitrogen and oxygen atoms in total. The van der Waals surface area contributed by atoms with Crippen LogP contribution in [0.3, 0.4) is 0 Å². The molecule has 2 fully saturated rings. The van der Waals surface area contributed by atoms with Crippen molar-refractivity contribution >= 4 is 0 Å². The third kappa shape index (κ3) is 34.5. The smallest absolute Gasteiger partial charge is 0.115 e. The molecule has 2 rings (SSSR count). The van der Waals surface area contributed by atoms with Crippen LogP contribution in [0.4, 0.5) is 0 Å². The Labute approximate surface area is 550 Å². The second kappa shape index (κ2) is 48.2. The van der Waals surface area contributed by atoms with Gasteiger partial charge < -0.3 is 117 Å². The zero-order valence-corrected chi connectivity index (χ0v) is 54.6. The molecule has 2 aliphatic heterocycles. The Kier molecular flexibility index (Phi) is 44.4. The zero-order valence-electron chi connectivity index (χ0n) is 54.6. The molecule has 0 saturated carbocycles. The molecule has 93 heavy (non-hydrogen) atoms. The van der Waals surface area contributed by atoms with Crippen LogP contribution in [0.1, 0.15) is 155 Å². The van der Waals surface area contributed by atoms with E-state index in [4.69, 9.17) is 14.6 Å². The van der Waals surface area contributed by atoms with Gasteiger partial charge in [-0.2, -0.15) is 0 Å². The highest BCUT2D eigenvalue weighted by molar-refractivity contribution is 5.13. The molecule has 2 aliphatic rings. The molecule has 25 atom stereocenters. The van der Waals surface area contributed by atoms with E-state index < -0.39 is 152 Å². The van der Waals surface area contributed by atoms with Crippen LogP contribution in [0.15, 0.2) is 122 Å². The Morgan fingerprint density at radius 3 is 1.67 bits per heavy atom. The number of hydrogen-bond acceptors (Lipinski definition) is 23. The highest BCUT2D eigenvalue weighted by atomic mass is 16.6. The average Bonchev–Trinajstić information content (AvgIpc) is 0.828. The van der Waals surface area contributed by atoms with Crippen molar-refractivity contribution in [3.05, 3.63) is 122 Å². The Morgan fingerprint density at radius 1 is 0.495 bits per heavy atom. The van der Waals surface area contributed by atoms with Gasteiger partial charge in [0.2, 0.25) is 0 Å². The second-order valence-electron chi connectivity index (χ2n) is 25.4. The summed E-state index contributed by atoms with van der Waals surface area (Å²) in [7, 11) is 0. The lowest BCUT2D eigenvalue weighted by Gasteiger charge is -2.42. The van der Waals surface area contributed by atoms with Crippen LogP contribution in [0.25, 0.3) is 0 Å². The molecule has 0 aliphatic carbocycles. The molecule has 0 amide bonds. The van der Waals surface area contributed by atoms with E-state index in [-0.39, 0.29) is 82.8 Å². The van der Waals surface area contributed by atoms with E-state index in [1.165, 1.54) is 18.2 Å². The SMILES string of the molecule is C=C/C=C/CC/C=C/C=C/C=C/CC/C=C/C(O)C(O)C1OC(C(O)C(O)C(=C)CCC(O)C2CC(O)C(O)C(C(O)C(O)/C=C(\C)CCC(O)CC(O)C(O)C(C)CC(O)C(O)CCCCCC(O)CCCC(O)/C=C/CC(O)/C=C/CC(O)CO)O2)CC(O)C1O. The highest BCUT2D eigenvalue weighted by Gasteiger charge is 2.47. The van der Waals surface area contributed by atoms with E-state index in [2.05, 4.69) is 19.2 Å². The fourth-order valence-electron chi connectivity index (χ4n) is 11.1. The normalized spacial score (nSPS) is 26.9. The van der Waals surface area contributed by atoms with E-state index >= 15 is 0 Å². The van der Waals surface area contributed by atoms with Crippen LogP contribution in [-0.4, -0.2) is 260 Å². The number of aliphatic hydroxyl groups is 21. The summed E-state index contributed by atoms with van der Waals surface area (Å²) >= 11 is 0. The third-order valence-corrected chi connectivity index (χ3v) is 17.1. The van der Waals surface area contributed by atoms with Gasteiger partial charge in [0.05, 0.1) is 92.1 Å². The summed E-state index contributed by atoms with van der Waals surface area (Å²) in [4.78, 5) is 0. The summed E-state index contributed by atoms with van der Waals surface area (Å²) in [5.74, 6) is -0.676. The van der Waals surface area contributed by atoms with Crippen LogP contribution in [-0.2, 0) is 9.47 Å². The van der Waals surface area contributed by atoms with Crippen molar-refractivity contribution in [3.8, 4) is 0 Å². The van der Waals surface area contributed by atoms with Gasteiger partial charge >= 0.3 is 0 Å². The maximum atomic E-state index is 11.2. The lowest BCUT2D eigenvalue weighted by atomic mass is 9.87. The van der Waals surface area contributed by atoms with E-state index in [0.717, 1.165) is 12.8 Å². The second-order valence-corrected chi connectivity index (χ2v) is 25.4. The van der Waals surface area contributed by atoms with E-state index in [1.54, 1.807) is 44.2 Å². The molecular weight excluding hydrogens is 1210 g/mol. The van der Waals surface area contributed by atoms with Crippen molar-refractivity contribution in [2.75, 3.05) is 6.61 Å². The van der Waals surface area contributed by atoms with Crippen LogP contribution in [0, 0.1) is 5.92 Å². The predicted molar refractivity (Wildman–Crippen MR) is 352 cm³/mol. The van der Waals surface area contributed by atoms with Crippen molar-refractivity contribution in [2.24, 2.45) is 5.92 Å². The van der Waals surface area contributed by atoms with E-state index in [9.17, 15) is 102 Å². The van der Waals surface area contributed by atoms with Crippen LogP contribution in [0.2, 0.25) is 0 Å². The number of aliphatic hydroxyl groups excluding tert-OH is 21. The first-order chi connectivity index (χ1) is 44.1. The Balaban J connectivity index is 1.77. The Bertz CT molecular complexity index is 2240. The van der Waals surface area contributed by atoms with Gasteiger partial charge in [0.1, 0.15) is 61.0 Å². The van der Waals surface area contributed by atoms with Gasteiger partial charge in [-0.05, 0) is 121 Å². The van der Waals surface area contributed by atoms with Crippen molar-refractivity contribution < 1.29 is 117 Å². The minimum absolute atomic E-state index is 0.00463. The molecule has 21 N–H and O–H groups in total. The number of allylic oxidation sites excluding steroid dienone is 11. The Morgan fingerprint density at radius 2 is 1.04 bits per heavy atom. The molecule has 0 aromatic heterocycles. The molecule has 0 radical (unpaired) electrons. The Hall–Kier alpha value is -3.52. The fourth-order valence-corrected chi connectivity index (χ4v) is 11.1. The summed E-state index contributed by atoms with van der Waals surface area (Å²) < 4.78 is 11.6. The highest BCUT2D eigenvalue weighted by Crippen LogP contribution is 2.32. The number of rotatable bonds is 49. The first-order valence-corrected chi connectivity index (χ1v) is 33.3. The van der Waals surface area contributed by atoms with Crippen LogP contribution < -0.4 is 0 Å². The molecule has 0 aromatic rings. The van der Waals surface area contributed by atoms with Gasteiger partial charge in [0.25, 0.3) is 0 Å². The molecule has 536 valence electrons. The van der Waals surface area contributed by atoms with Gasteiger partial charge in [-0.15, -0.1) is 0 Å². The summed E-state index contributed by atoms with van der Waals surface area (Å²) in [6.07, 6.45) is 1.59. The summed E-state index contributed by atoms with van der Waals surface area (Å²) in [5, 5.41) is 223. The van der Waals surface area contributed by atoms with Crippen LogP contribution >= 0.6 is 0 Å². The van der Waals surface area contributed by atoms with Gasteiger partial charge in [0, 0.05) is 19.3 Å². The van der Waals surface area contributed by atoms with Crippen molar-refractivity contribution in [2.45, 2.75) is 302 Å². The lowest BCUT2D eigenvalue weighted by Crippen LogP contribution is -2.59. The fraction of sp³-hybridized carbons (Fsp3) is 0.714. The van der Waals surface area contributed by atoms with Gasteiger partial charge in [0.15, 0.2) is 0 Å². The molecule has 2 heterocycles. The van der Waals surface area contributed by atoms with Gasteiger partial charge in [-0.3, -0.25) is 0 Å². The third-order valence-electron chi connectivity index (χ3n) is 17.1. The standard InChI is InChI=1S/C70H118O23/c1-5-6-7-8-9-10-11-12-13-14-15-16-17-20-33-54(79)64(87)69-67(90)59(84)42-61(93-69)68(91)63(86)45(3)35-37-53(78)60-41-58(83)66(89)70(92-60)65(88)56(81)38-44(2)34-36-50(75)40-57(82)62(85)46(4)39-55(80)52(77)32-21-18-19-25-47(72)26-22-27-48(73)28-23-29-49(74)30-24-31-51(76)43-71/h5-7,10-15,20,23-24,28,30,33,38,46-91H,1,3,8-9,16-19,21-22,25-27,29,31-32,34-37,39-43H2,2,4H3/b7-6+,11-10+,13-12+,15-14+,28-23+,30-24+,33-20+,44-38+. The number of unbranched alkanes of at least 4 members (excludes halogenated alkanes) is 4. The monoisotopic (exact) mass is 1330 g/mol. The molecule has 25 unspecified atom stereocenters. The zero-order chi connectivity index (χ0) is 69.6. The molecular formula is C70H118O23. The summed E-state index contributed by atoms with van der Waals surface area (Å²) in [6, 6.07) is 0. The topological polar surface area (TPSA) is 443 Å². The van der Waals surface area contributed by atoms with Gasteiger partial charge in [-0.1, -0.05) is 142 Å². The van der Waals surface area contributed by atoms with Crippen molar-refractivity contribution in [3.63, 3.8) is 0 Å². The molecule has 0 aromatic carbocycles. The molecule has 2 saturated heterocycles. The van der Waals surface area contributed by atoms with Crippen molar-refractivity contribution in [1.82, 2.24) is 0 Å². The minimum Gasteiger partial charge on any atom is -0.394 e. The number of ether oxygens (including phenoxy) is 2. The van der Waals surface area contributed by atoms with E-state index in [1.807, 2.05) is 42.5 Å². The van der Waals surface area contributed by atoms with E-state index in [0.29, 0.717) is 63.4 Å².